The highest BCUT2D eigenvalue weighted by Gasteiger charge is 2.42. The highest BCUT2D eigenvalue weighted by molar-refractivity contribution is 9.10. The zero-order chi connectivity index (χ0) is 26.8. The molecule has 0 radical (unpaired) electrons. The van der Waals surface area contributed by atoms with Crippen molar-refractivity contribution in [2.75, 3.05) is 6.54 Å². The molecule has 0 unspecified atom stereocenters. The normalized spacial score (nSPS) is 16.8. The largest absolute Gasteiger partial charge is 0.506 e. The Morgan fingerprint density at radius 1 is 0.842 bits per heavy atom. The average molecular weight is 639 g/mol. The molecule has 1 aromatic heterocycles. The predicted octanol–water partition coefficient (Wildman–Crippen LogP) is 9.36. The SMILES string of the molecule is CCCCCCn1cc(C2=C(O)C(=C3C=[N+](CCCCCC)c4ccc(Br)cc43)C2=O)c2cc(Br)ccc21. The summed E-state index contributed by atoms with van der Waals surface area (Å²) < 4.78 is 6.39. The summed E-state index contributed by atoms with van der Waals surface area (Å²) in [7, 11) is 0. The predicted molar refractivity (Wildman–Crippen MR) is 164 cm³/mol. The van der Waals surface area contributed by atoms with Gasteiger partial charge >= 0.3 is 0 Å². The number of benzene rings is 2. The molecule has 2 heterocycles. The third-order valence-electron chi connectivity index (χ3n) is 7.66. The molecule has 6 heteroatoms. The van der Waals surface area contributed by atoms with Crippen LogP contribution in [-0.2, 0) is 11.3 Å². The summed E-state index contributed by atoms with van der Waals surface area (Å²) in [4.78, 5) is 13.8. The molecule has 0 saturated heterocycles. The molecule has 3 aromatic rings. The van der Waals surface area contributed by atoms with Crippen LogP contribution in [0.5, 0.6) is 0 Å². The third-order valence-corrected chi connectivity index (χ3v) is 8.64. The van der Waals surface area contributed by atoms with Gasteiger partial charge in [-0.2, -0.15) is 4.58 Å². The maximum atomic E-state index is 13.8. The van der Waals surface area contributed by atoms with Crippen LogP contribution in [-0.4, -0.2) is 32.8 Å². The number of allylic oxidation sites excluding steroid dienone is 3. The van der Waals surface area contributed by atoms with Gasteiger partial charge in [0.05, 0.1) is 22.3 Å². The number of aromatic nitrogens is 1. The molecule has 38 heavy (non-hydrogen) atoms. The van der Waals surface area contributed by atoms with Gasteiger partial charge in [-0.3, -0.25) is 4.79 Å². The van der Waals surface area contributed by atoms with E-state index < -0.39 is 0 Å². The van der Waals surface area contributed by atoms with E-state index in [1.807, 2.05) is 12.1 Å². The lowest BCUT2D eigenvalue weighted by atomic mass is 9.80. The second kappa shape index (κ2) is 11.7. The number of hydrogen-bond acceptors (Lipinski definition) is 2. The minimum absolute atomic E-state index is 0.0856. The van der Waals surface area contributed by atoms with E-state index in [4.69, 9.17) is 0 Å². The van der Waals surface area contributed by atoms with Crippen LogP contribution in [0.3, 0.4) is 0 Å². The first-order valence-corrected chi connectivity index (χ1v) is 15.5. The van der Waals surface area contributed by atoms with E-state index >= 15 is 0 Å². The lowest BCUT2D eigenvalue weighted by Crippen LogP contribution is -2.23. The second-order valence-electron chi connectivity index (χ2n) is 10.3. The maximum Gasteiger partial charge on any atom is 0.213 e. The fraction of sp³-hybridized carbons (Fsp3) is 0.375. The van der Waals surface area contributed by atoms with E-state index in [1.54, 1.807) is 0 Å². The minimum atomic E-state index is -0.0856. The Bertz CT molecular complexity index is 1490. The average Bonchev–Trinajstić information content (AvgIpc) is 3.42. The fourth-order valence-corrected chi connectivity index (χ4v) is 6.35. The van der Waals surface area contributed by atoms with E-state index in [0.29, 0.717) is 11.1 Å². The van der Waals surface area contributed by atoms with Crippen LogP contribution in [0.2, 0.25) is 0 Å². The molecule has 0 spiro atoms. The van der Waals surface area contributed by atoms with Crippen LogP contribution in [0.25, 0.3) is 22.0 Å². The summed E-state index contributed by atoms with van der Waals surface area (Å²) in [5.41, 5.74) is 5.65. The highest BCUT2D eigenvalue weighted by atomic mass is 79.9. The van der Waals surface area contributed by atoms with E-state index in [0.717, 1.165) is 68.2 Å². The first-order valence-electron chi connectivity index (χ1n) is 13.9. The molecule has 0 atom stereocenters. The number of ketones is 1. The van der Waals surface area contributed by atoms with E-state index in [1.165, 1.54) is 38.5 Å². The van der Waals surface area contributed by atoms with Crippen molar-refractivity contribution in [1.29, 1.82) is 0 Å². The van der Waals surface area contributed by atoms with Gasteiger partial charge < -0.3 is 9.67 Å². The summed E-state index contributed by atoms with van der Waals surface area (Å²) in [6.45, 7) is 6.23. The fourth-order valence-electron chi connectivity index (χ4n) is 5.63. The van der Waals surface area contributed by atoms with Crippen molar-refractivity contribution in [3.8, 4) is 0 Å². The van der Waals surface area contributed by atoms with Crippen LogP contribution in [0.1, 0.15) is 76.3 Å². The number of unbranched alkanes of at least 4 members (excludes halogenated alkanes) is 6. The second-order valence-corrected chi connectivity index (χ2v) is 12.2. The van der Waals surface area contributed by atoms with Crippen LogP contribution < -0.4 is 0 Å². The topological polar surface area (TPSA) is 45.2 Å². The Morgan fingerprint density at radius 2 is 1.55 bits per heavy atom. The van der Waals surface area contributed by atoms with E-state index in [2.05, 4.69) is 91.5 Å². The summed E-state index contributed by atoms with van der Waals surface area (Å²) in [6.07, 6.45) is 13.5. The molecular formula is C32H35Br2N2O2+. The summed E-state index contributed by atoms with van der Waals surface area (Å²) in [5.74, 6) is 0.0162. The Morgan fingerprint density at radius 3 is 2.29 bits per heavy atom. The number of Topliss-reactive ketones (excluding diaryl/α,β-unsaturated/α-hetero) is 1. The zero-order valence-corrected chi connectivity index (χ0v) is 25.4. The Labute approximate surface area is 242 Å². The van der Waals surface area contributed by atoms with E-state index in [-0.39, 0.29) is 11.5 Å². The molecule has 198 valence electrons. The van der Waals surface area contributed by atoms with E-state index in [9.17, 15) is 9.90 Å². The van der Waals surface area contributed by atoms with Gasteiger partial charge in [0.1, 0.15) is 12.3 Å². The smallest absolute Gasteiger partial charge is 0.213 e. The Kier molecular flexibility index (Phi) is 8.39. The van der Waals surface area contributed by atoms with Gasteiger partial charge in [-0.05, 0) is 43.2 Å². The van der Waals surface area contributed by atoms with Gasteiger partial charge in [0.2, 0.25) is 11.5 Å². The molecule has 0 bridgehead atoms. The van der Waals surface area contributed by atoms with Crippen LogP contribution in [0, 0.1) is 0 Å². The van der Waals surface area contributed by atoms with Gasteiger partial charge in [0.15, 0.2) is 6.21 Å². The first-order chi connectivity index (χ1) is 18.4. The summed E-state index contributed by atoms with van der Waals surface area (Å²) in [5, 5.41) is 12.4. The van der Waals surface area contributed by atoms with Crippen molar-refractivity contribution in [2.45, 2.75) is 71.8 Å². The number of aryl methyl sites for hydroxylation is 1. The van der Waals surface area contributed by atoms with Gasteiger partial charge in [-0.25, -0.2) is 0 Å². The minimum Gasteiger partial charge on any atom is -0.506 e. The van der Waals surface area contributed by atoms with Crippen LogP contribution in [0.15, 0.2) is 62.9 Å². The Hall–Kier alpha value is -2.44. The van der Waals surface area contributed by atoms with Crippen molar-refractivity contribution < 1.29 is 14.5 Å². The van der Waals surface area contributed by atoms with Crippen molar-refractivity contribution in [1.82, 2.24) is 4.57 Å². The third kappa shape index (κ3) is 5.10. The lowest BCUT2D eigenvalue weighted by molar-refractivity contribution is -0.432. The number of fused-ring (bicyclic) bond motifs is 2. The lowest BCUT2D eigenvalue weighted by Gasteiger charge is -2.22. The van der Waals surface area contributed by atoms with Crippen LogP contribution in [0.4, 0.5) is 5.69 Å². The molecule has 0 fully saturated rings. The van der Waals surface area contributed by atoms with Crippen molar-refractivity contribution in [2.24, 2.45) is 0 Å². The van der Waals surface area contributed by atoms with Crippen molar-refractivity contribution in [3.05, 3.63) is 74.0 Å². The molecule has 0 amide bonds. The highest BCUT2D eigenvalue weighted by Crippen LogP contribution is 2.46. The summed E-state index contributed by atoms with van der Waals surface area (Å²) >= 11 is 7.20. The van der Waals surface area contributed by atoms with Gasteiger partial charge in [-0.1, -0.05) is 77.8 Å². The monoisotopic (exact) mass is 637 g/mol. The number of aliphatic hydroxyl groups excluding tert-OH is 1. The number of nitrogens with zero attached hydrogens (tertiary/aromatic N) is 2. The number of rotatable bonds is 11. The van der Waals surface area contributed by atoms with Gasteiger partial charge in [0.25, 0.3) is 0 Å². The zero-order valence-electron chi connectivity index (χ0n) is 22.2. The van der Waals surface area contributed by atoms with Crippen LogP contribution >= 0.6 is 31.9 Å². The van der Waals surface area contributed by atoms with Crippen molar-refractivity contribution in [3.63, 3.8) is 0 Å². The molecule has 4 nitrogen and oxygen atoms in total. The van der Waals surface area contributed by atoms with Gasteiger partial charge in [-0.15, -0.1) is 0 Å². The number of carbonyl (C=O) groups is 1. The molecule has 2 aliphatic rings. The molecule has 1 aliphatic heterocycles. The number of carbonyl (C=O) groups excluding carboxylic acids is 1. The number of hydrogen-bond donors (Lipinski definition) is 1. The standard InChI is InChI=1S/C32H34Br2N2O2/c1-3-5-7-9-15-35-19-25(23-17-21(33)11-13-27(23)35)29-31(37)30(32(29)38)26-20-36(16-10-8-6-4-2)28-14-12-22(34)18-24(26)28/h11-14,17-20H,3-10,15-16H2,1-2H3/p+1. The molecule has 2 aromatic carbocycles. The molecule has 1 N–H and O–H groups in total. The first kappa shape index (κ1) is 27.1. The van der Waals surface area contributed by atoms with Gasteiger partial charge in [0, 0.05) is 50.6 Å². The molecule has 1 aliphatic carbocycles. The Balaban J connectivity index is 1.55. The molecular weight excluding hydrogens is 604 g/mol. The summed E-state index contributed by atoms with van der Waals surface area (Å²) in [6, 6.07) is 12.4. The quantitative estimate of drug-likeness (QED) is 0.129. The van der Waals surface area contributed by atoms with Crippen molar-refractivity contribution >= 4 is 71.6 Å². The molecule has 5 rings (SSSR count). The number of halogens is 2. The maximum absolute atomic E-state index is 13.8. The number of aliphatic hydroxyl groups is 1. The molecule has 0 saturated carbocycles.